The Morgan fingerprint density at radius 2 is 1.05 bits per heavy atom. The molecule has 0 fully saturated rings. The van der Waals surface area contributed by atoms with Crippen LogP contribution in [0.1, 0.15) is 0 Å². The van der Waals surface area contributed by atoms with Gasteiger partial charge in [-0.05, 0) is 81.2 Å². The Kier molecular flexibility index (Phi) is 5.17. The maximum absolute atomic E-state index is 6.23. The third-order valence-corrected chi connectivity index (χ3v) is 7.80. The third-order valence-electron chi connectivity index (χ3n) is 7.80. The molecule has 0 aliphatic rings. The van der Waals surface area contributed by atoms with Crippen molar-refractivity contribution in [1.82, 2.24) is 0 Å². The second-order valence-electron chi connectivity index (χ2n) is 10.2. The molecule has 8 rings (SSSR count). The van der Waals surface area contributed by atoms with Gasteiger partial charge in [-0.3, -0.25) is 0 Å². The topological polar surface area (TPSA) is 16.4 Å². The van der Waals surface area contributed by atoms with Crippen molar-refractivity contribution in [2.45, 2.75) is 0 Å². The smallest absolute Gasteiger partial charge is 0.136 e. The first-order valence-electron chi connectivity index (χ1n) is 13.6. The number of hydrogen-bond acceptors (Lipinski definition) is 2. The second-order valence-corrected chi connectivity index (χ2v) is 10.2. The van der Waals surface area contributed by atoms with Gasteiger partial charge in [0.1, 0.15) is 11.2 Å². The Morgan fingerprint density at radius 1 is 0.375 bits per heavy atom. The Hall–Kier alpha value is -5.34. The molecular weight excluding hydrogens is 486 g/mol. The fraction of sp³-hybridized carbons (Fsp3) is 0. The van der Waals surface area contributed by atoms with Crippen LogP contribution in [0.3, 0.4) is 0 Å². The zero-order valence-electron chi connectivity index (χ0n) is 21.8. The highest BCUT2D eigenvalue weighted by molar-refractivity contribution is 6.19. The largest absolute Gasteiger partial charge is 0.456 e. The molecule has 2 nitrogen and oxygen atoms in total. The van der Waals surface area contributed by atoms with Crippen molar-refractivity contribution in [3.63, 3.8) is 0 Å². The molecule has 0 unspecified atom stereocenters. The van der Waals surface area contributed by atoms with Gasteiger partial charge in [0.15, 0.2) is 0 Å². The predicted molar refractivity (Wildman–Crippen MR) is 169 cm³/mol. The van der Waals surface area contributed by atoms with E-state index in [-0.39, 0.29) is 0 Å². The van der Waals surface area contributed by atoms with Gasteiger partial charge in [-0.2, -0.15) is 0 Å². The van der Waals surface area contributed by atoms with Crippen molar-refractivity contribution in [3.8, 4) is 11.1 Å². The van der Waals surface area contributed by atoms with Crippen molar-refractivity contribution < 1.29 is 4.42 Å². The van der Waals surface area contributed by atoms with Crippen molar-refractivity contribution in [2.24, 2.45) is 0 Å². The lowest BCUT2D eigenvalue weighted by Crippen LogP contribution is -2.10. The molecular formula is C38H25NO. The van der Waals surface area contributed by atoms with Gasteiger partial charge in [-0.15, -0.1) is 0 Å². The maximum Gasteiger partial charge on any atom is 0.136 e. The summed E-state index contributed by atoms with van der Waals surface area (Å²) in [6, 6.07) is 53.9. The average molecular weight is 512 g/mol. The number of benzene rings is 7. The Labute approximate surface area is 232 Å². The fourth-order valence-electron chi connectivity index (χ4n) is 5.89. The van der Waals surface area contributed by atoms with E-state index < -0.39 is 0 Å². The van der Waals surface area contributed by atoms with E-state index in [0.717, 1.165) is 39.0 Å². The van der Waals surface area contributed by atoms with Crippen LogP contribution in [0.15, 0.2) is 156 Å². The molecule has 7 aromatic carbocycles. The first-order valence-corrected chi connectivity index (χ1v) is 13.6. The van der Waals surface area contributed by atoms with Crippen LogP contribution < -0.4 is 4.90 Å². The van der Waals surface area contributed by atoms with Crippen LogP contribution in [0.25, 0.3) is 54.6 Å². The zero-order chi connectivity index (χ0) is 26.5. The minimum absolute atomic E-state index is 0.911. The van der Waals surface area contributed by atoms with Crippen molar-refractivity contribution >= 4 is 60.5 Å². The molecule has 1 heterocycles. The molecule has 0 saturated carbocycles. The van der Waals surface area contributed by atoms with Crippen LogP contribution in [0.4, 0.5) is 17.1 Å². The van der Waals surface area contributed by atoms with E-state index in [1.54, 1.807) is 0 Å². The summed E-state index contributed by atoms with van der Waals surface area (Å²) >= 11 is 0. The lowest BCUT2D eigenvalue weighted by Gasteiger charge is -2.27. The standard InChI is InChI=1S/C38H25NO/c1-2-9-26(10-3-1)30-13-8-14-31(23-30)39(32-20-17-27-11-4-5-12-29(27)24-32)33-21-18-28-19-22-37-38(35(28)25-33)34-15-6-7-16-36(34)40-37/h1-25H. The second kappa shape index (κ2) is 9.14. The summed E-state index contributed by atoms with van der Waals surface area (Å²) < 4.78 is 6.23. The monoisotopic (exact) mass is 511 g/mol. The van der Waals surface area contributed by atoms with E-state index in [9.17, 15) is 0 Å². The third kappa shape index (κ3) is 3.73. The Balaban J connectivity index is 1.38. The molecule has 0 saturated heterocycles. The molecule has 40 heavy (non-hydrogen) atoms. The molecule has 1 aromatic heterocycles. The number of furan rings is 1. The molecule has 0 amide bonds. The number of rotatable bonds is 4. The summed E-state index contributed by atoms with van der Waals surface area (Å²) in [4.78, 5) is 2.36. The van der Waals surface area contributed by atoms with E-state index >= 15 is 0 Å². The van der Waals surface area contributed by atoms with Gasteiger partial charge in [0.2, 0.25) is 0 Å². The highest BCUT2D eigenvalue weighted by Gasteiger charge is 2.17. The number of anilines is 3. The number of fused-ring (bicyclic) bond motifs is 6. The van der Waals surface area contributed by atoms with E-state index in [0.29, 0.717) is 0 Å². The molecule has 0 aliphatic carbocycles. The Bertz CT molecular complexity index is 2170. The molecule has 0 bridgehead atoms. The highest BCUT2D eigenvalue weighted by atomic mass is 16.3. The maximum atomic E-state index is 6.23. The summed E-state index contributed by atoms with van der Waals surface area (Å²) in [7, 11) is 0. The van der Waals surface area contributed by atoms with Crippen LogP contribution >= 0.6 is 0 Å². The predicted octanol–water partition coefficient (Wildman–Crippen LogP) is 11.0. The van der Waals surface area contributed by atoms with Gasteiger partial charge in [-0.1, -0.05) is 103 Å². The lowest BCUT2D eigenvalue weighted by atomic mass is 10.0. The van der Waals surface area contributed by atoms with Gasteiger partial charge in [0.25, 0.3) is 0 Å². The van der Waals surface area contributed by atoms with E-state index in [4.69, 9.17) is 4.42 Å². The van der Waals surface area contributed by atoms with Crippen molar-refractivity contribution in [1.29, 1.82) is 0 Å². The first-order chi connectivity index (χ1) is 19.8. The van der Waals surface area contributed by atoms with E-state index in [1.165, 1.54) is 32.7 Å². The van der Waals surface area contributed by atoms with E-state index in [1.807, 2.05) is 12.1 Å². The minimum Gasteiger partial charge on any atom is -0.456 e. The number of hydrogen-bond donors (Lipinski definition) is 0. The van der Waals surface area contributed by atoms with Crippen molar-refractivity contribution in [2.75, 3.05) is 4.90 Å². The van der Waals surface area contributed by atoms with Crippen LogP contribution in [0, 0.1) is 0 Å². The average Bonchev–Trinajstić information content (AvgIpc) is 3.41. The van der Waals surface area contributed by atoms with Gasteiger partial charge in [0.05, 0.1) is 0 Å². The molecule has 188 valence electrons. The zero-order valence-corrected chi connectivity index (χ0v) is 21.8. The summed E-state index contributed by atoms with van der Waals surface area (Å²) in [5, 5.41) is 7.13. The molecule has 0 N–H and O–H groups in total. The minimum atomic E-state index is 0.911. The van der Waals surface area contributed by atoms with Gasteiger partial charge in [0, 0.05) is 27.8 Å². The normalized spacial score (nSPS) is 11.5. The molecule has 0 aliphatic heterocycles. The summed E-state index contributed by atoms with van der Waals surface area (Å²) in [5.41, 5.74) is 7.55. The Morgan fingerprint density at radius 3 is 1.95 bits per heavy atom. The van der Waals surface area contributed by atoms with Crippen molar-refractivity contribution in [3.05, 3.63) is 152 Å². The molecule has 0 spiro atoms. The first kappa shape index (κ1) is 22.6. The quantitative estimate of drug-likeness (QED) is 0.234. The summed E-state index contributed by atoms with van der Waals surface area (Å²) in [6.45, 7) is 0. The fourth-order valence-corrected chi connectivity index (χ4v) is 5.89. The van der Waals surface area contributed by atoms with Gasteiger partial charge >= 0.3 is 0 Å². The van der Waals surface area contributed by atoms with Crippen LogP contribution in [-0.2, 0) is 0 Å². The van der Waals surface area contributed by atoms with Crippen LogP contribution in [0.2, 0.25) is 0 Å². The van der Waals surface area contributed by atoms with Gasteiger partial charge < -0.3 is 9.32 Å². The molecule has 2 heteroatoms. The van der Waals surface area contributed by atoms with E-state index in [2.05, 4.69) is 144 Å². The molecule has 8 aromatic rings. The highest BCUT2D eigenvalue weighted by Crippen LogP contribution is 2.41. The molecule has 0 radical (unpaired) electrons. The van der Waals surface area contributed by atoms with Crippen LogP contribution in [-0.4, -0.2) is 0 Å². The molecule has 0 atom stereocenters. The van der Waals surface area contributed by atoms with Gasteiger partial charge in [-0.25, -0.2) is 0 Å². The summed E-state index contributed by atoms with van der Waals surface area (Å²) in [5.74, 6) is 0. The lowest BCUT2D eigenvalue weighted by molar-refractivity contribution is 0.669. The number of para-hydroxylation sites is 1. The SMILES string of the molecule is c1ccc(-c2cccc(N(c3ccc4ccccc4c3)c3ccc4ccc5oc6ccccc6c5c4c3)c2)cc1. The summed E-state index contributed by atoms with van der Waals surface area (Å²) in [6.07, 6.45) is 0. The number of nitrogens with zero attached hydrogens (tertiary/aromatic N) is 1. The van der Waals surface area contributed by atoms with Crippen LogP contribution in [0.5, 0.6) is 0 Å².